The Balaban J connectivity index is 1.16. The van der Waals surface area contributed by atoms with Gasteiger partial charge >= 0.3 is 0 Å². The van der Waals surface area contributed by atoms with Crippen molar-refractivity contribution in [1.29, 1.82) is 0 Å². The summed E-state index contributed by atoms with van der Waals surface area (Å²) in [4.78, 5) is 27.1. The van der Waals surface area contributed by atoms with E-state index >= 15 is 0 Å². The van der Waals surface area contributed by atoms with Gasteiger partial charge in [-0.2, -0.15) is 4.39 Å². The quantitative estimate of drug-likeness (QED) is 0.221. The van der Waals surface area contributed by atoms with Gasteiger partial charge < -0.3 is 9.64 Å². The SMILES string of the molecule is CCN1CCN(Cc2ccc(-c3cc4nccc(Oc5ccc(CC(=O)CC6CC6)c(F)c5F)c4s3)nc2)CC1. The second-order valence-electron chi connectivity index (χ2n) is 10.7. The fourth-order valence-electron chi connectivity index (χ4n) is 5.14. The average molecular weight is 563 g/mol. The highest BCUT2D eigenvalue weighted by molar-refractivity contribution is 7.22. The molecule has 1 aromatic carbocycles. The van der Waals surface area contributed by atoms with Crippen LogP contribution in [0.1, 0.15) is 37.3 Å². The molecule has 40 heavy (non-hydrogen) atoms. The van der Waals surface area contributed by atoms with Gasteiger partial charge in [0.05, 0.1) is 20.8 Å². The van der Waals surface area contributed by atoms with Crippen LogP contribution in [-0.4, -0.2) is 58.3 Å². The lowest BCUT2D eigenvalue weighted by atomic mass is 10.0. The minimum Gasteiger partial charge on any atom is -0.453 e. The number of thiophene rings is 1. The molecule has 0 unspecified atom stereocenters. The molecule has 0 bridgehead atoms. The first kappa shape index (κ1) is 26.9. The van der Waals surface area contributed by atoms with E-state index in [9.17, 15) is 13.6 Å². The number of likely N-dealkylation sites (N-methyl/N-ethyl adjacent to an activating group) is 1. The molecule has 1 saturated heterocycles. The lowest BCUT2D eigenvalue weighted by Gasteiger charge is -2.33. The molecule has 2 aliphatic rings. The third kappa shape index (κ3) is 6.06. The van der Waals surface area contributed by atoms with E-state index in [1.165, 1.54) is 29.0 Å². The van der Waals surface area contributed by atoms with Crippen molar-refractivity contribution >= 4 is 27.3 Å². The number of halogens is 2. The van der Waals surface area contributed by atoms with Crippen molar-refractivity contribution in [2.75, 3.05) is 32.7 Å². The lowest BCUT2D eigenvalue weighted by Crippen LogP contribution is -2.45. The summed E-state index contributed by atoms with van der Waals surface area (Å²) in [6, 6.07) is 10.5. The fraction of sp³-hybridized carbons (Fsp3) is 0.387. The molecule has 0 amide bonds. The Hall–Kier alpha value is -3.27. The average Bonchev–Trinajstić information content (AvgIpc) is 3.67. The summed E-state index contributed by atoms with van der Waals surface area (Å²) in [6.45, 7) is 8.50. The molecule has 4 heterocycles. The van der Waals surface area contributed by atoms with Crippen molar-refractivity contribution in [3.63, 3.8) is 0 Å². The van der Waals surface area contributed by atoms with Crippen molar-refractivity contribution in [3.05, 3.63) is 71.6 Å². The highest BCUT2D eigenvalue weighted by atomic mass is 32.1. The van der Waals surface area contributed by atoms with Gasteiger partial charge in [-0.25, -0.2) is 4.39 Å². The molecule has 3 aromatic heterocycles. The highest BCUT2D eigenvalue weighted by Crippen LogP contribution is 2.39. The monoisotopic (exact) mass is 562 g/mol. The first-order valence-corrected chi connectivity index (χ1v) is 14.7. The summed E-state index contributed by atoms with van der Waals surface area (Å²) >= 11 is 1.45. The van der Waals surface area contributed by atoms with Crippen LogP contribution in [0, 0.1) is 17.6 Å². The molecule has 4 aromatic rings. The predicted octanol–water partition coefficient (Wildman–Crippen LogP) is 6.48. The van der Waals surface area contributed by atoms with Crippen LogP contribution >= 0.6 is 11.3 Å². The van der Waals surface area contributed by atoms with Gasteiger partial charge in [-0.1, -0.05) is 19.1 Å². The molecule has 6 nitrogen and oxygen atoms in total. The molecule has 0 N–H and O–H groups in total. The van der Waals surface area contributed by atoms with Crippen LogP contribution in [-0.2, 0) is 17.8 Å². The molecule has 2 fully saturated rings. The zero-order valence-electron chi connectivity index (χ0n) is 22.5. The molecule has 0 spiro atoms. The summed E-state index contributed by atoms with van der Waals surface area (Å²) < 4.78 is 36.3. The number of benzene rings is 1. The Morgan fingerprint density at radius 1 is 1.00 bits per heavy atom. The largest absolute Gasteiger partial charge is 0.453 e. The first-order valence-electron chi connectivity index (χ1n) is 13.9. The van der Waals surface area contributed by atoms with Gasteiger partial charge in [0.15, 0.2) is 11.6 Å². The Morgan fingerprint density at radius 3 is 2.52 bits per heavy atom. The van der Waals surface area contributed by atoms with Gasteiger partial charge in [0.25, 0.3) is 0 Å². The normalized spacial score (nSPS) is 16.5. The number of carbonyl (C=O) groups is 1. The minimum atomic E-state index is -1.09. The van der Waals surface area contributed by atoms with Crippen LogP contribution in [0.3, 0.4) is 0 Å². The number of aromatic nitrogens is 2. The Bertz CT molecular complexity index is 1510. The minimum absolute atomic E-state index is 0.0616. The van der Waals surface area contributed by atoms with Gasteiger partial charge in [-0.15, -0.1) is 11.3 Å². The predicted molar refractivity (Wildman–Crippen MR) is 153 cm³/mol. The third-order valence-electron chi connectivity index (χ3n) is 7.72. The summed E-state index contributed by atoms with van der Waals surface area (Å²) in [5, 5.41) is 0. The number of Topliss-reactive ketones (excluding diaryl/α,β-unsaturated/α-hetero) is 1. The van der Waals surface area contributed by atoms with Crippen molar-refractivity contribution in [2.45, 2.75) is 39.2 Å². The zero-order valence-corrected chi connectivity index (χ0v) is 23.4. The maximum Gasteiger partial charge on any atom is 0.201 e. The topological polar surface area (TPSA) is 58.6 Å². The van der Waals surface area contributed by atoms with Crippen LogP contribution in [0.15, 0.2) is 48.8 Å². The molecule has 1 aliphatic heterocycles. The molecule has 208 valence electrons. The second-order valence-corrected chi connectivity index (χ2v) is 11.8. The molecule has 1 saturated carbocycles. The van der Waals surface area contributed by atoms with E-state index in [1.807, 2.05) is 18.3 Å². The van der Waals surface area contributed by atoms with E-state index in [0.717, 1.165) is 67.4 Å². The van der Waals surface area contributed by atoms with Crippen molar-refractivity contribution < 1.29 is 18.3 Å². The van der Waals surface area contributed by atoms with Crippen molar-refractivity contribution in [3.8, 4) is 22.1 Å². The van der Waals surface area contributed by atoms with Crippen LogP contribution in [0.2, 0.25) is 0 Å². The van der Waals surface area contributed by atoms with Gasteiger partial charge in [0.2, 0.25) is 5.82 Å². The number of ketones is 1. The molecule has 6 rings (SSSR count). The number of piperazine rings is 1. The van der Waals surface area contributed by atoms with Gasteiger partial charge in [0, 0.05) is 64.0 Å². The van der Waals surface area contributed by atoms with Crippen molar-refractivity contribution in [2.24, 2.45) is 5.92 Å². The number of nitrogens with zero attached hydrogens (tertiary/aromatic N) is 4. The van der Waals surface area contributed by atoms with Crippen LogP contribution in [0.25, 0.3) is 20.8 Å². The summed E-state index contributed by atoms with van der Waals surface area (Å²) in [7, 11) is 0. The molecule has 0 atom stereocenters. The Labute approximate surface area is 236 Å². The van der Waals surface area contributed by atoms with Crippen molar-refractivity contribution in [1.82, 2.24) is 19.8 Å². The molecule has 1 aliphatic carbocycles. The first-order chi connectivity index (χ1) is 19.5. The van der Waals surface area contributed by atoms with Gasteiger partial charge in [-0.3, -0.25) is 19.7 Å². The number of fused-ring (bicyclic) bond motifs is 1. The number of ether oxygens (including phenoxy) is 1. The molecular weight excluding hydrogens is 530 g/mol. The molecular formula is C31H32F2N4O2S. The summed E-state index contributed by atoms with van der Waals surface area (Å²) in [5.41, 5.74) is 2.75. The number of hydrogen-bond donors (Lipinski definition) is 0. The fourth-order valence-corrected chi connectivity index (χ4v) is 6.18. The van der Waals surface area contributed by atoms with E-state index in [1.54, 1.807) is 12.3 Å². The smallest absolute Gasteiger partial charge is 0.201 e. The number of pyridine rings is 2. The molecule has 9 heteroatoms. The number of carbonyl (C=O) groups excluding carboxylic acids is 1. The maximum absolute atomic E-state index is 14.9. The molecule has 0 radical (unpaired) electrons. The van der Waals surface area contributed by atoms with E-state index < -0.39 is 11.6 Å². The lowest BCUT2D eigenvalue weighted by molar-refractivity contribution is -0.118. The number of hydrogen-bond acceptors (Lipinski definition) is 7. The summed E-state index contributed by atoms with van der Waals surface area (Å²) in [5.74, 6) is -1.61. The van der Waals surface area contributed by atoms with E-state index in [2.05, 4.69) is 27.8 Å². The van der Waals surface area contributed by atoms with Crippen LogP contribution in [0.5, 0.6) is 11.5 Å². The van der Waals surface area contributed by atoms with E-state index in [0.29, 0.717) is 23.6 Å². The van der Waals surface area contributed by atoms with Gasteiger partial charge in [0.1, 0.15) is 11.5 Å². The standard InChI is InChI=1S/C31H32F2N4O2S/c1-2-36-11-13-37(14-12-36)19-21-5-7-24(35-18-21)28-17-25-31(40-28)27(9-10-34-25)39-26-8-6-22(29(32)30(26)33)16-23(38)15-20-3-4-20/h5-10,17-18,20H,2-4,11-16,19H2,1H3. The maximum atomic E-state index is 14.9. The third-order valence-corrected chi connectivity index (χ3v) is 8.88. The van der Waals surface area contributed by atoms with E-state index in [4.69, 9.17) is 9.72 Å². The Morgan fingerprint density at radius 2 is 1.80 bits per heavy atom. The number of rotatable bonds is 10. The van der Waals surface area contributed by atoms with E-state index in [-0.39, 0.29) is 23.5 Å². The zero-order chi connectivity index (χ0) is 27.6. The van der Waals surface area contributed by atoms with Gasteiger partial charge in [-0.05, 0) is 54.6 Å². The second kappa shape index (κ2) is 11.7. The van der Waals surface area contributed by atoms with Crippen LogP contribution in [0.4, 0.5) is 8.78 Å². The summed E-state index contributed by atoms with van der Waals surface area (Å²) in [6.07, 6.45) is 5.92. The highest BCUT2D eigenvalue weighted by Gasteiger charge is 2.26. The van der Waals surface area contributed by atoms with Crippen LogP contribution < -0.4 is 4.74 Å². The Kier molecular flexibility index (Phi) is 7.87.